The predicted molar refractivity (Wildman–Crippen MR) is 118 cm³/mol. The minimum absolute atomic E-state index is 0.688. The first-order valence-corrected chi connectivity index (χ1v) is 12.9. The SMILES string of the molecule is CC(C)CCCC(C)C1CCC2C3CCC4C[C@@H](C)CCC4C3CCC12C. The van der Waals surface area contributed by atoms with E-state index in [9.17, 15) is 0 Å². The second-order valence-corrected chi connectivity index (χ2v) is 12.4. The molecule has 4 rings (SSSR count). The van der Waals surface area contributed by atoms with Crippen LogP contribution >= 0.6 is 0 Å². The number of hydrogen-bond donors (Lipinski definition) is 0. The van der Waals surface area contributed by atoms with E-state index in [0.29, 0.717) is 5.41 Å². The van der Waals surface area contributed by atoms with Crippen molar-refractivity contribution < 1.29 is 0 Å². The number of hydrogen-bond acceptors (Lipinski definition) is 0. The van der Waals surface area contributed by atoms with Crippen LogP contribution in [-0.4, -0.2) is 0 Å². The summed E-state index contributed by atoms with van der Waals surface area (Å²) >= 11 is 0. The van der Waals surface area contributed by atoms with Crippen molar-refractivity contribution in [1.29, 1.82) is 0 Å². The van der Waals surface area contributed by atoms with Crippen LogP contribution in [0.25, 0.3) is 0 Å². The summed E-state index contributed by atoms with van der Waals surface area (Å²) in [6, 6.07) is 0. The Hall–Kier alpha value is 0. The van der Waals surface area contributed by atoms with Crippen molar-refractivity contribution in [3.8, 4) is 0 Å². The van der Waals surface area contributed by atoms with Crippen molar-refractivity contribution in [1.82, 2.24) is 0 Å². The highest BCUT2D eigenvalue weighted by molar-refractivity contribution is 5.06. The van der Waals surface area contributed by atoms with E-state index in [-0.39, 0.29) is 0 Å². The molecule has 0 heteroatoms. The number of fused-ring (bicyclic) bond motifs is 5. The van der Waals surface area contributed by atoms with Crippen LogP contribution in [0.5, 0.6) is 0 Å². The van der Waals surface area contributed by atoms with E-state index in [1.807, 2.05) is 0 Å². The Balaban J connectivity index is 1.42. The lowest BCUT2D eigenvalue weighted by atomic mass is 9.48. The standard InChI is InChI=1S/C27H48/c1-18(2)7-6-8-20(4)25-13-14-26-24-12-10-21-17-19(3)9-11-22(21)23(24)15-16-27(25,26)5/h18-26H,6-17H2,1-5H3/t19-,20?,21?,22?,23?,24?,25?,26?,27?/m0/s1. The molecule has 0 amide bonds. The fourth-order valence-corrected chi connectivity index (χ4v) is 9.11. The maximum absolute atomic E-state index is 2.75. The van der Waals surface area contributed by atoms with Gasteiger partial charge in [0.2, 0.25) is 0 Å². The van der Waals surface area contributed by atoms with Crippen LogP contribution < -0.4 is 0 Å². The topological polar surface area (TPSA) is 0 Å². The van der Waals surface area contributed by atoms with E-state index in [1.165, 1.54) is 25.7 Å². The van der Waals surface area contributed by atoms with Gasteiger partial charge in [0.15, 0.2) is 0 Å². The molecule has 8 unspecified atom stereocenters. The third-order valence-corrected chi connectivity index (χ3v) is 10.4. The Bertz CT molecular complexity index is 492. The van der Waals surface area contributed by atoms with E-state index in [0.717, 1.165) is 53.3 Å². The zero-order valence-electron chi connectivity index (χ0n) is 19.2. The van der Waals surface area contributed by atoms with Crippen LogP contribution in [0.1, 0.15) is 112 Å². The predicted octanol–water partition coefficient (Wildman–Crippen LogP) is 8.35. The van der Waals surface area contributed by atoms with Crippen LogP contribution in [0, 0.1) is 58.7 Å². The van der Waals surface area contributed by atoms with Gasteiger partial charge in [-0.3, -0.25) is 0 Å². The van der Waals surface area contributed by atoms with Gasteiger partial charge in [-0.05, 0) is 110 Å². The quantitative estimate of drug-likeness (QED) is 0.455. The highest BCUT2D eigenvalue weighted by Gasteiger charge is 2.57. The number of rotatable bonds is 5. The molecule has 4 aliphatic rings. The largest absolute Gasteiger partial charge is 0.0628 e. The molecule has 156 valence electrons. The Morgan fingerprint density at radius 3 is 2.37 bits per heavy atom. The molecule has 0 radical (unpaired) electrons. The molecule has 9 atom stereocenters. The van der Waals surface area contributed by atoms with Gasteiger partial charge in [-0.2, -0.15) is 0 Å². The Kier molecular flexibility index (Phi) is 6.03. The highest BCUT2D eigenvalue weighted by atomic mass is 14.6. The lowest BCUT2D eigenvalue weighted by molar-refractivity contribution is -0.0733. The van der Waals surface area contributed by atoms with Gasteiger partial charge in [0, 0.05) is 0 Å². The maximum Gasteiger partial charge on any atom is -0.0264 e. The summed E-state index contributed by atoms with van der Waals surface area (Å²) in [6.07, 6.45) is 18.5. The van der Waals surface area contributed by atoms with Crippen LogP contribution in [0.3, 0.4) is 0 Å². The summed E-state index contributed by atoms with van der Waals surface area (Å²) in [5.41, 5.74) is 0.688. The van der Waals surface area contributed by atoms with Crippen LogP contribution in [-0.2, 0) is 0 Å². The van der Waals surface area contributed by atoms with Gasteiger partial charge < -0.3 is 0 Å². The van der Waals surface area contributed by atoms with Gasteiger partial charge >= 0.3 is 0 Å². The minimum atomic E-state index is 0.688. The summed E-state index contributed by atoms with van der Waals surface area (Å²) in [5.74, 6) is 9.40. The molecule has 0 bridgehead atoms. The van der Waals surface area contributed by atoms with Crippen molar-refractivity contribution >= 4 is 0 Å². The lowest BCUT2D eigenvalue weighted by Crippen LogP contribution is -2.49. The molecule has 0 aromatic rings. The van der Waals surface area contributed by atoms with Crippen LogP contribution in [0.4, 0.5) is 0 Å². The van der Waals surface area contributed by atoms with E-state index in [2.05, 4.69) is 34.6 Å². The van der Waals surface area contributed by atoms with Crippen LogP contribution in [0.2, 0.25) is 0 Å². The summed E-state index contributed by atoms with van der Waals surface area (Å²) in [4.78, 5) is 0. The Morgan fingerprint density at radius 2 is 1.59 bits per heavy atom. The zero-order valence-corrected chi connectivity index (χ0v) is 19.2. The van der Waals surface area contributed by atoms with Gasteiger partial charge in [-0.25, -0.2) is 0 Å². The molecule has 0 aliphatic heterocycles. The fraction of sp³-hybridized carbons (Fsp3) is 1.00. The van der Waals surface area contributed by atoms with Crippen molar-refractivity contribution in [3.63, 3.8) is 0 Å². The lowest BCUT2D eigenvalue weighted by Gasteiger charge is -2.56. The van der Waals surface area contributed by atoms with Crippen molar-refractivity contribution in [3.05, 3.63) is 0 Å². The van der Waals surface area contributed by atoms with Crippen LogP contribution in [0.15, 0.2) is 0 Å². The Morgan fingerprint density at radius 1 is 0.815 bits per heavy atom. The average molecular weight is 373 g/mol. The second kappa shape index (κ2) is 8.02. The molecule has 0 aromatic carbocycles. The molecule has 27 heavy (non-hydrogen) atoms. The monoisotopic (exact) mass is 372 g/mol. The summed E-state index contributed by atoms with van der Waals surface area (Å²) in [5, 5.41) is 0. The molecule has 4 fully saturated rings. The molecular weight excluding hydrogens is 324 g/mol. The third-order valence-electron chi connectivity index (χ3n) is 10.4. The first kappa shape index (κ1) is 20.3. The molecule has 0 heterocycles. The minimum Gasteiger partial charge on any atom is -0.0628 e. The highest BCUT2D eigenvalue weighted by Crippen LogP contribution is 2.65. The molecule has 0 saturated heterocycles. The molecule has 4 saturated carbocycles. The van der Waals surface area contributed by atoms with E-state index in [1.54, 1.807) is 51.4 Å². The fourth-order valence-electron chi connectivity index (χ4n) is 9.11. The summed E-state index contributed by atoms with van der Waals surface area (Å²) in [7, 11) is 0. The van der Waals surface area contributed by atoms with E-state index >= 15 is 0 Å². The molecule has 0 N–H and O–H groups in total. The summed E-state index contributed by atoms with van der Waals surface area (Å²) in [6.45, 7) is 12.7. The van der Waals surface area contributed by atoms with Gasteiger partial charge in [0.25, 0.3) is 0 Å². The molecule has 0 nitrogen and oxygen atoms in total. The molecule has 0 spiro atoms. The van der Waals surface area contributed by atoms with E-state index < -0.39 is 0 Å². The second-order valence-electron chi connectivity index (χ2n) is 12.4. The first-order valence-electron chi connectivity index (χ1n) is 12.9. The summed E-state index contributed by atoms with van der Waals surface area (Å²) < 4.78 is 0. The smallest absolute Gasteiger partial charge is 0.0264 e. The first-order chi connectivity index (χ1) is 12.9. The van der Waals surface area contributed by atoms with Gasteiger partial charge in [-0.1, -0.05) is 60.3 Å². The molecule has 0 aromatic heterocycles. The van der Waals surface area contributed by atoms with Gasteiger partial charge in [0.05, 0.1) is 0 Å². The van der Waals surface area contributed by atoms with Crippen molar-refractivity contribution in [2.75, 3.05) is 0 Å². The maximum atomic E-state index is 2.75. The zero-order chi connectivity index (χ0) is 19.2. The Labute approximate surface area is 170 Å². The van der Waals surface area contributed by atoms with Gasteiger partial charge in [0.1, 0.15) is 0 Å². The van der Waals surface area contributed by atoms with Gasteiger partial charge in [-0.15, -0.1) is 0 Å². The third kappa shape index (κ3) is 3.77. The van der Waals surface area contributed by atoms with E-state index in [4.69, 9.17) is 0 Å². The normalized spacial score (nSPS) is 48.0. The van der Waals surface area contributed by atoms with Crippen molar-refractivity contribution in [2.24, 2.45) is 58.7 Å². The average Bonchev–Trinajstić information content (AvgIpc) is 2.98. The van der Waals surface area contributed by atoms with Crippen molar-refractivity contribution in [2.45, 2.75) is 112 Å². The molecular formula is C27H48. The molecule has 4 aliphatic carbocycles.